The van der Waals surface area contributed by atoms with Gasteiger partial charge in [-0.3, -0.25) is 0 Å². The third kappa shape index (κ3) is 5.80. The van der Waals surface area contributed by atoms with Crippen LogP contribution < -0.4 is 9.64 Å². The topological polar surface area (TPSA) is 78.9 Å². The number of sulfonamides is 1. The van der Waals surface area contributed by atoms with Crippen LogP contribution in [0.3, 0.4) is 0 Å². The lowest BCUT2D eigenvalue weighted by atomic mass is 10.2. The predicted molar refractivity (Wildman–Crippen MR) is 150 cm³/mol. The molecule has 1 fully saturated rings. The Labute approximate surface area is 224 Å². The number of hydrogen-bond acceptors (Lipinski definition) is 7. The summed E-state index contributed by atoms with van der Waals surface area (Å²) in [6.07, 6.45) is 0.697. The highest BCUT2D eigenvalue weighted by atomic mass is 32.2. The lowest BCUT2D eigenvalue weighted by Crippen LogP contribution is -2.49. The molecule has 3 aromatic carbocycles. The van der Waals surface area contributed by atoms with Crippen molar-refractivity contribution in [3.8, 4) is 5.75 Å². The molecule has 0 amide bonds. The maximum atomic E-state index is 13.1. The molecule has 0 spiro atoms. The van der Waals surface area contributed by atoms with Gasteiger partial charge in [-0.25, -0.2) is 18.4 Å². The minimum atomic E-state index is -3.52. The molecule has 1 saturated heterocycles. The predicted octanol–water partition coefficient (Wildman–Crippen LogP) is 3.82. The maximum absolute atomic E-state index is 13.1. The minimum Gasteiger partial charge on any atom is -0.497 e. The number of anilines is 1. The van der Waals surface area contributed by atoms with Crippen LogP contribution in [-0.2, 0) is 23.0 Å². The second-order valence-corrected chi connectivity index (χ2v) is 11.4. The number of aromatic nitrogens is 2. The smallest absolute Gasteiger partial charge is 0.243 e. The van der Waals surface area contributed by atoms with Gasteiger partial charge in [-0.05, 0) is 42.0 Å². The third-order valence-corrected chi connectivity index (χ3v) is 8.85. The van der Waals surface area contributed by atoms with Gasteiger partial charge in [-0.15, -0.1) is 0 Å². The van der Waals surface area contributed by atoms with Crippen LogP contribution in [0.25, 0.3) is 10.9 Å². The lowest BCUT2D eigenvalue weighted by Gasteiger charge is -2.33. The van der Waals surface area contributed by atoms with Crippen molar-refractivity contribution in [2.45, 2.75) is 17.9 Å². The summed E-state index contributed by atoms with van der Waals surface area (Å²) in [5, 5.41) is 1.03. The molecule has 9 heteroatoms. The van der Waals surface area contributed by atoms with E-state index in [1.807, 2.05) is 24.3 Å². The standard InChI is InChI=1S/C29H33N5O3S/c1-32(22-23-8-4-3-5-9-23)29-26-10-6-7-11-27(26)30-28(31-29)16-17-33-18-20-34(21-19-33)38(35,36)25-14-12-24(37-2)13-15-25/h3-15H,16-22H2,1-2H3. The van der Waals surface area contributed by atoms with Gasteiger partial charge >= 0.3 is 0 Å². The molecule has 0 N–H and O–H groups in total. The van der Waals surface area contributed by atoms with Gasteiger partial charge in [0.15, 0.2) is 0 Å². The summed E-state index contributed by atoms with van der Waals surface area (Å²) in [7, 11) is 0.106. The molecule has 8 nitrogen and oxygen atoms in total. The summed E-state index contributed by atoms with van der Waals surface area (Å²) >= 11 is 0. The van der Waals surface area contributed by atoms with Crippen LogP contribution in [0.2, 0.25) is 0 Å². The van der Waals surface area contributed by atoms with E-state index in [1.165, 1.54) is 5.56 Å². The van der Waals surface area contributed by atoms with E-state index < -0.39 is 10.0 Å². The van der Waals surface area contributed by atoms with E-state index >= 15 is 0 Å². The van der Waals surface area contributed by atoms with E-state index in [2.05, 4.69) is 47.2 Å². The number of fused-ring (bicyclic) bond motifs is 1. The molecular formula is C29H33N5O3S. The zero-order valence-corrected chi connectivity index (χ0v) is 22.6. The molecule has 0 unspecified atom stereocenters. The van der Waals surface area contributed by atoms with E-state index in [0.717, 1.165) is 35.6 Å². The molecule has 38 heavy (non-hydrogen) atoms. The summed E-state index contributed by atoms with van der Waals surface area (Å²) in [5.74, 6) is 2.36. The van der Waals surface area contributed by atoms with Gasteiger partial charge in [0.25, 0.3) is 0 Å². The van der Waals surface area contributed by atoms with Crippen molar-refractivity contribution in [1.82, 2.24) is 19.2 Å². The van der Waals surface area contributed by atoms with Crippen molar-refractivity contribution in [3.05, 3.63) is 90.3 Å². The summed E-state index contributed by atoms with van der Waals surface area (Å²) in [6.45, 7) is 3.78. The van der Waals surface area contributed by atoms with Crippen LogP contribution in [0.4, 0.5) is 5.82 Å². The Hall–Kier alpha value is -3.53. The first-order chi connectivity index (χ1) is 18.4. The van der Waals surface area contributed by atoms with E-state index in [4.69, 9.17) is 14.7 Å². The molecule has 0 saturated carbocycles. The quantitative estimate of drug-likeness (QED) is 0.325. The van der Waals surface area contributed by atoms with Crippen LogP contribution in [0.5, 0.6) is 5.75 Å². The van der Waals surface area contributed by atoms with Crippen LogP contribution in [0.15, 0.2) is 83.8 Å². The van der Waals surface area contributed by atoms with Gasteiger partial charge in [0.05, 0.1) is 17.5 Å². The first-order valence-corrected chi connectivity index (χ1v) is 14.3. The fraction of sp³-hybridized carbons (Fsp3) is 0.310. The largest absolute Gasteiger partial charge is 0.497 e. The molecule has 4 aromatic rings. The van der Waals surface area contributed by atoms with Gasteiger partial charge in [0, 0.05) is 58.1 Å². The Bertz CT molecular complexity index is 1470. The van der Waals surface area contributed by atoms with Crippen molar-refractivity contribution < 1.29 is 13.2 Å². The monoisotopic (exact) mass is 531 g/mol. The number of ether oxygens (including phenoxy) is 1. The maximum Gasteiger partial charge on any atom is 0.243 e. The second kappa shape index (κ2) is 11.5. The Kier molecular flexibility index (Phi) is 7.87. The van der Waals surface area contributed by atoms with Crippen LogP contribution >= 0.6 is 0 Å². The Morgan fingerprint density at radius 1 is 0.868 bits per heavy atom. The van der Waals surface area contributed by atoms with E-state index in [9.17, 15) is 8.42 Å². The second-order valence-electron chi connectivity index (χ2n) is 9.49. The molecule has 0 radical (unpaired) electrons. The van der Waals surface area contributed by atoms with Gasteiger partial charge in [-0.1, -0.05) is 42.5 Å². The molecule has 1 aromatic heterocycles. The highest BCUT2D eigenvalue weighted by Crippen LogP contribution is 2.25. The first-order valence-electron chi connectivity index (χ1n) is 12.8. The fourth-order valence-corrected chi connectivity index (χ4v) is 6.21. The van der Waals surface area contributed by atoms with Crippen molar-refractivity contribution in [1.29, 1.82) is 0 Å². The van der Waals surface area contributed by atoms with Gasteiger partial charge in [0.1, 0.15) is 17.4 Å². The van der Waals surface area contributed by atoms with Gasteiger partial charge < -0.3 is 14.5 Å². The SMILES string of the molecule is COc1ccc(S(=O)(=O)N2CCN(CCc3nc(N(C)Cc4ccccc4)c4ccccc4n3)CC2)cc1. The van der Waals surface area contributed by atoms with E-state index in [1.54, 1.807) is 35.7 Å². The molecule has 1 aliphatic heterocycles. The average molecular weight is 532 g/mol. The van der Waals surface area contributed by atoms with E-state index in [0.29, 0.717) is 43.2 Å². The van der Waals surface area contributed by atoms with Crippen molar-refractivity contribution in [2.75, 3.05) is 51.8 Å². The number of rotatable bonds is 9. The van der Waals surface area contributed by atoms with Crippen LogP contribution in [0, 0.1) is 0 Å². The van der Waals surface area contributed by atoms with Crippen molar-refractivity contribution >= 4 is 26.7 Å². The zero-order chi connectivity index (χ0) is 26.5. The van der Waals surface area contributed by atoms with Crippen molar-refractivity contribution in [2.24, 2.45) is 0 Å². The summed E-state index contributed by atoms with van der Waals surface area (Å²) in [5.41, 5.74) is 2.16. The highest BCUT2D eigenvalue weighted by Gasteiger charge is 2.28. The van der Waals surface area contributed by atoms with Crippen molar-refractivity contribution in [3.63, 3.8) is 0 Å². The Balaban J connectivity index is 1.24. The average Bonchev–Trinajstić information content (AvgIpc) is 2.96. The molecular weight excluding hydrogens is 498 g/mol. The normalized spacial score (nSPS) is 15.0. The lowest BCUT2D eigenvalue weighted by molar-refractivity contribution is 0.189. The highest BCUT2D eigenvalue weighted by molar-refractivity contribution is 7.89. The number of piperazine rings is 1. The summed E-state index contributed by atoms with van der Waals surface area (Å²) in [6, 6.07) is 25.0. The molecule has 0 aliphatic carbocycles. The first kappa shape index (κ1) is 26.1. The number of nitrogens with zero attached hydrogens (tertiary/aromatic N) is 5. The number of para-hydroxylation sites is 1. The summed E-state index contributed by atoms with van der Waals surface area (Å²) in [4.78, 5) is 14.5. The Morgan fingerprint density at radius 3 is 2.26 bits per heavy atom. The van der Waals surface area contributed by atoms with Crippen LogP contribution in [-0.4, -0.2) is 74.5 Å². The van der Waals surface area contributed by atoms with Gasteiger partial charge in [0.2, 0.25) is 10.0 Å². The fourth-order valence-electron chi connectivity index (χ4n) is 4.79. The third-order valence-electron chi connectivity index (χ3n) is 6.93. The number of benzene rings is 3. The van der Waals surface area contributed by atoms with Crippen LogP contribution in [0.1, 0.15) is 11.4 Å². The van der Waals surface area contributed by atoms with E-state index in [-0.39, 0.29) is 0 Å². The molecule has 5 rings (SSSR count). The molecule has 1 aliphatic rings. The summed E-state index contributed by atoms with van der Waals surface area (Å²) < 4.78 is 32.9. The molecule has 198 valence electrons. The number of methoxy groups -OCH3 is 1. The molecule has 2 heterocycles. The molecule has 0 atom stereocenters. The minimum absolute atomic E-state index is 0.295. The molecule has 0 bridgehead atoms. The Morgan fingerprint density at radius 2 is 1.55 bits per heavy atom. The van der Waals surface area contributed by atoms with Gasteiger partial charge in [-0.2, -0.15) is 4.31 Å². The number of hydrogen-bond donors (Lipinski definition) is 0. The zero-order valence-electron chi connectivity index (χ0n) is 21.8.